The maximum Gasteiger partial charge on any atom is 0.223 e. The molecule has 3 aromatic rings. The Balaban J connectivity index is 1.52. The Kier molecular flexibility index (Phi) is 3.79. The van der Waals surface area contributed by atoms with E-state index in [1.165, 1.54) is 4.63 Å². The summed E-state index contributed by atoms with van der Waals surface area (Å²) in [5.74, 6) is 1.70. The van der Waals surface area contributed by atoms with Crippen LogP contribution in [0.25, 0.3) is 5.65 Å². The molecule has 25 heavy (non-hydrogen) atoms. The standard InChI is InChI=1S/C17H19N7O/c1-11-20-15-6-5-14(22-24(15)21-11)19-10-13-8-16(25)23(2)17(13)12-4-3-7-18-9-12/h3-7,9,13,17H,8,10H2,1-2H3,(H,19,22)/t13-,17-/m0/s1. The quantitative estimate of drug-likeness (QED) is 0.775. The van der Waals surface area contributed by atoms with Crippen molar-refractivity contribution >= 4 is 17.4 Å². The number of carbonyl (C=O) groups is 1. The van der Waals surface area contributed by atoms with Crippen molar-refractivity contribution in [3.63, 3.8) is 0 Å². The lowest BCUT2D eigenvalue weighted by atomic mass is 9.95. The Morgan fingerprint density at radius 1 is 1.28 bits per heavy atom. The van der Waals surface area contributed by atoms with Gasteiger partial charge in [0.15, 0.2) is 5.65 Å². The minimum atomic E-state index is 0.0195. The number of amides is 1. The second-order valence-electron chi connectivity index (χ2n) is 6.31. The molecule has 0 spiro atoms. The SMILES string of the molecule is Cc1nc2ccc(NC[C@@H]3CC(=O)N(C)[C@H]3c3cccnc3)nn2n1. The highest BCUT2D eigenvalue weighted by molar-refractivity contribution is 5.79. The molecule has 4 heterocycles. The van der Waals surface area contributed by atoms with E-state index in [9.17, 15) is 4.79 Å². The van der Waals surface area contributed by atoms with E-state index in [4.69, 9.17) is 0 Å². The highest BCUT2D eigenvalue weighted by atomic mass is 16.2. The minimum absolute atomic E-state index is 0.0195. The van der Waals surface area contributed by atoms with Crippen LogP contribution in [-0.2, 0) is 4.79 Å². The number of hydrogen-bond donors (Lipinski definition) is 1. The van der Waals surface area contributed by atoms with Gasteiger partial charge < -0.3 is 10.2 Å². The van der Waals surface area contributed by atoms with Gasteiger partial charge in [0.25, 0.3) is 0 Å². The molecule has 128 valence electrons. The molecular weight excluding hydrogens is 318 g/mol. The van der Waals surface area contributed by atoms with Crippen LogP contribution < -0.4 is 5.32 Å². The molecule has 0 radical (unpaired) electrons. The number of nitrogens with zero attached hydrogens (tertiary/aromatic N) is 6. The number of aromatic nitrogens is 5. The van der Waals surface area contributed by atoms with Crippen LogP contribution in [0.1, 0.15) is 23.9 Å². The Morgan fingerprint density at radius 2 is 2.16 bits per heavy atom. The average Bonchev–Trinajstić information content (AvgIpc) is 3.12. The zero-order chi connectivity index (χ0) is 17.4. The maximum absolute atomic E-state index is 12.2. The summed E-state index contributed by atoms with van der Waals surface area (Å²) in [5.41, 5.74) is 1.77. The highest BCUT2D eigenvalue weighted by Gasteiger charge is 2.38. The monoisotopic (exact) mass is 337 g/mol. The van der Waals surface area contributed by atoms with Crippen LogP contribution in [0.15, 0.2) is 36.7 Å². The zero-order valence-electron chi connectivity index (χ0n) is 14.1. The predicted octanol–water partition coefficient (Wildman–Crippen LogP) is 1.46. The van der Waals surface area contributed by atoms with E-state index >= 15 is 0 Å². The third kappa shape index (κ3) is 2.90. The Hall–Kier alpha value is -3.03. The van der Waals surface area contributed by atoms with Gasteiger partial charge in [-0.3, -0.25) is 9.78 Å². The lowest BCUT2D eigenvalue weighted by Gasteiger charge is -2.25. The number of carbonyl (C=O) groups excluding carboxylic acids is 1. The molecule has 1 amide bonds. The molecule has 1 aliphatic heterocycles. The van der Waals surface area contributed by atoms with Crippen molar-refractivity contribution < 1.29 is 4.79 Å². The topological polar surface area (TPSA) is 88.3 Å². The fourth-order valence-corrected chi connectivity index (χ4v) is 3.40. The lowest BCUT2D eigenvalue weighted by molar-refractivity contribution is -0.127. The van der Waals surface area contributed by atoms with E-state index in [0.717, 1.165) is 5.56 Å². The van der Waals surface area contributed by atoms with Crippen molar-refractivity contribution in [2.24, 2.45) is 5.92 Å². The average molecular weight is 337 g/mol. The number of likely N-dealkylation sites (tertiary alicyclic amines) is 1. The van der Waals surface area contributed by atoms with Crippen LogP contribution in [0, 0.1) is 12.8 Å². The summed E-state index contributed by atoms with van der Waals surface area (Å²) in [7, 11) is 1.85. The maximum atomic E-state index is 12.2. The van der Waals surface area contributed by atoms with Gasteiger partial charge in [0.05, 0.1) is 6.04 Å². The van der Waals surface area contributed by atoms with Gasteiger partial charge in [-0.2, -0.15) is 0 Å². The first-order valence-electron chi connectivity index (χ1n) is 8.22. The molecule has 1 saturated heterocycles. The third-order valence-electron chi connectivity index (χ3n) is 4.58. The Bertz CT molecular complexity index is 908. The Morgan fingerprint density at radius 3 is 2.96 bits per heavy atom. The van der Waals surface area contributed by atoms with Crippen LogP contribution >= 0.6 is 0 Å². The molecule has 1 aliphatic rings. The van der Waals surface area contributed by atoms with Gasteiger partial charge in [-0.05, 0) is 30.7 Å². The number of pyridine rings is 1. The number of hydrogen-bond acceptors (Lipinski definition) is 6. The molecule has 0 aliphatic carbocycles. The molecule has 8 nitrogen and oxygen atoms in total. The molecule has 0 bridgehead atoms. The minimum Gasteiger partial charge on any atom is -0.368 e. The van der Waals surface area contributed by atoms with Gasteiger partial charge >= 0.3 is 0 Å². The summed E-state index contributed by atoms with van der Waals surface area (Å²) in [6.45, 7) is 2.47. The second-order valence-corrected chi connectivity index (χ2v) is 6.31. The lowest BCUT2D eigenvalue weighted by Crippen LogP contribution is -2.26. The molecule has 0 unspecified atom stereocenters. The van der Waals surface area contributed by atoms with E-state index < -0.39 is 0 Å². The normalized spacial score (nSPS) is 20.4. The van der Waals surface area contributed by atoms with E-state index in [1.54, 1.807) is 11.1 Å². The third-order valence-corrected chi connectivity index (χ3v) is 4.58. The summed E-state index contributed by atoms with van der Waals surface area (Å²) in [5, 5.41) is 12.0. The smallest absolute Gasteiger partial charge is 0.223 e. The number of anilines is 1. The fourth-order valence-electron chi connectivity index (χ4n) is 3.40. The van der Waals surface area contributed by atoms with Gasteiger partial charge in [-0.1, -0.05) is 6.07 Å². The second kappa shape index (κ2) is 6.12. The van der Waals surface area contributed by atoms with Crippen LogP contribution in [0.5, 0.6) is 0 Å². The molecular formula is C17H19N7O. The summed E-state index contributed by atoms with van der Waals surface area (Å²) in [4.78, 5) is 22.5. The van der Waals surface area contributed by atoms with Crippen molar-refractivity contribution in [3.8, 4) is 0 Å². The summed E-state index contributed by atoms with van der Waals surface area (Å²) < 4.78 is 1.52. The molecule has 8 heteroatoms. The first-order valence-corrected chi connectivity index (χ1v) is 8.22. The van der Waals surface area contributed by atoms with Crippen molar-refractivity contribution in [1.29, 1.82) is 0 Å². The van der Waals surface area contributed by atoms with Crippen molar-refractivity contribution in [2.45, 2.75) is 19.4 Å². The molecule has 1 fully saturated rings. The van der Waals surface area contributed by atoms with Gasteiger partial charge in [0, 0.05) is 38.3 Å². The van der Waals surface area contributed by atoms with E-state index in [-0.39, 0.29) is 17.9 Å². The molecule has 3 aromatic heterocycles. The Labute approximate surface area is 144 Å². The van der Waals surface area contributed by atoms with Crippen LogP contribution in [0.2, 0.25) is 0 Å². The van der Waals surface area contributed by atoms with Crippen LogP contribution in [-0.4, -0.2) is 49.2 Å². The molecule has 0 saturated carbocycles. The van der Waals surface area contributed by atoms with Crippen molar-refractivity contribution in [2.75, 3.05) is 18.9 Å². The number of rotatable bonds is 4. The van der Waals surface area contributed by atoms with Gasteiger partial charge in [-0.15, -0.1) is 14.8 Å². The van der Waals surface area contributed by atoms with Gasteiger partial charge in [0.2, 0.25) is 5.91 Å². The number of aryl methyl sites for hydroxylation is 1. The first-order chi connectivity index (χ1) is 12.1. The molecule has 0 aromatic carbocycles. The fraction of sp³-hybridized carbons (Fsp3) is 0.353. The van der Waals surface area contributed by atoms with Crippen molar-refractivity contribution in [3.05, 3.63) is 48.0 Å². The molecule has 4 rings (SSSR count). The largest absolute Gasteiger partial charge is 0.368 e. The molecule has 2 atom stereocenters. The summed E-state index contributed by atoms with van der Waals surface area (Å²) in [6, 6.07) is 7.69. The van der Waals surface area contributed by atoms with Crippen LogP contribution in [0.3, 0.4) is 0 Å². The van der Waals surface area contributed by atoms with Gasteiger partial charge in [-0.25, -0.2) is 4.98 Å². The molecule has 1 N–H and O–H groups in total. The van der Waals surface area contributed by atoms with Gasteiger partial charge in [0.1, 0.15) is 11.6 Å². The van der Waals surface area contributed by atoms with E-state index in [1.807, 2.05) is 44.4 Å². The summed E-state index contributed by atoms with van der Waals surface area (Å²) >= 11 is 0. The van der Waals surface area contributed by atoms with E-state index in [0.29, 0.717) is 30.3 Å². The van der Waals surface area contributed by atoms with E-state index in [2.05, 4.69) is 25.5 Å². The highest BCUT2D eigenvalue weighted by Crippen LogP contribution is 2.36. The summed E-state index contributed by atoms with van der Waals surface area (Å²) in [6.07, 6.45) is 4.08. The van der Waals surface area contributed by atoms with Crippen LogP contribution in [0.4, 0.5) is 5.82 Å². The predicted molar refractivity (Wildman–Crippen MR) is 91.9 cm³/mol. The first kappa shape index (κ1) is 15.5. The number of nitrogens with one attached hydrogen (secondary N) is 1. The zero-order valence-corrected chi connectivity index (χ0v) is 14.1. The number of fused-ring (bicyclic) bond motifs is 1. The van der Waals surface area contributed by atoms with Crippen molar-refractivity contribution in [1.82, 2.24) is 29.7 Å².